The van der Waals surface area contributed by atoms with Crippen LogP contribution >= 0.6 is 23.2 Å². The van der Waals surface area contributed by atoms with Crippen LogP contribution in [0.1, 0.15) is 15.9 Å². The smallest absolute Gasteiger partial charge is 0.550 e. The summed E-state index contributed by atoms with van der Waals surface area (Å²) in [7, 11) is 0. The van der Waals surface area contributed by atoms with Crippen molar-refractivity contribution in [3.63, 3.8) is 0 Å². The molecule has 0 aliphatic heterocycles. The number of aromatic hydroxyl groups is 1. The van der Waals surface area contributed by atoms with Crippen LogP contribution < -0.4 is 40.0 Å². The maximum absolute atomic E-state index is 13.5. The van der Waals surface area contributed by atoms with E-state index >= 15 is 0 Å². The molecule has 3 N–H and O–H groups in total. The number of phenols is 1. The van der Waals surface area contributed by atoms with E-state index in [4.69, 9.17) is 28.3 Å². The molecule has 0 amide bonds. The second-order valence-electron chi connectivity index (χ2n) is 7.59. The van der Waals surface area contributed by atoms with Gasteiger partial charge in [0.1, 0.15) is 22.9 Å². The van der Waals surface area contributed by atoms with Gasteiger partial charge in [0.2, 0.25) is 0 Å². The third-order valence-corrected chi connectivity index (χ3v) is 5.67. The Labute approximate surface area is 248 Å². The van der Waals surface area contributed by atoms with Crippen LogP contribution in [0.5, 0.6) is 5.75 Å². The van der Waals surface area contributed by atoms with E-state index in [0.29, 0.717) is 33.0 Å². The fraction of sp³-hybridized carbons (Fsp3) is 0.0370. The Balaban J connectivity index is 0.000000260. The molecule has 0 saturated carbocycles. The monoisotopic (exact) mass is 567 g/mol. The van der Waals surface area contributed by atoms with E-state index in [1.54, 1.807) is 42.5 Å². The average molecular weight is 568 g/mol. The zero-order valence-corrected chi connectivity index (χ0v) is 23.4. The molecule has 0 aromatic heterocycles. The molecule has 0 aliphatic rings. The van der Waals surface area contributed by atoms with Crippen molar-refractivity contribution in [2.75, 3.05) is 5.32 Å². The SMILES string of the molecule is O=C(O)c1cc(-c2ccc(F)cc2F)ccc1O.O=C([O-])Cc1ccccc1Nc1c(Cl)cccc1Cl.[Na+]. The van der Waals surface area contributed by atoms with E-state index in [1.807, 2.05) is 0 Å². The fourth-order valence-corrected chi connectivity index (χ4v) is 3.79. The average Bonchev–Trinajstić information content (AvgIpc) is 2.83. The van der Waals surface area contributed by atoms with Gasteiger partial charge < -0.3 is 25.4 Å². The van der Waals surface area contributed by atoms with Crippen LogP contribution in [0, 0.1) is 11.6 Å². The van der Waals surface area contributed by atoms with Gasteiger partial charge in [-0.15, -0.1) is 0 Å². The van der Waals surface area contributed by atoms with Gasteiger partial charge in [0, 0.05) is 29.7 Å². The number of anilines is 2. The molecule has 11 heteroatoms. The summed E-state index contributed by atoms with van der Waals surface area (Å²) in [5.74, 6) is -4.38. The molecule has 6 nitrogen and oxygen atoms in total. The molecule has 0 heterocycles. The van der Waals surface area contributed by atoms with E-state index in [1.165, 1.54) is 12.1 Å². The molecule has 0 saturated heterocycles. The van der Waals surface area contributed by atoms with Crippen LogP contribution in [0.15, 0.2) is 78.9 Å². The number of aliphatic carboxylic acids is 1. The molecular weight excluding hydrogens is 550 g/mol. The summed E-state index contributed by atoms with van der Waals surface area (Å²) in [6, 6.07) is 18.8. The van der Waals surface area contributed by atoms with Crippen molar-refractivity contribution in [3.05, 3.63) is 112 Å². The molecule has 0 unspecified atom stereocenters. The zero-order chi connectivity index (χ0) is 27.1. The standard InChI is InChI=1S/C14H11Cl2NO2.C13H8F2O3.Na/c15-10-5-3-6-11(16)14(10)17-12-7-2-1-4-9(12)8-13(18)19;14-8-2-3-9(11(15)6-8)7-1-4-12(16)10(5-7)13(17)18;/h1-7,17H,8H2,(H,18,19);1-6,16H,(H,17,18);/q;;+1/p-1. The molecular formula is C27H18Cl2F2NNaO5. The molecule has 0 bridgehead atoms. The van der Waals surface area contributed by atoms with Gasteiger partial charge in [-0.3, -0.25) is 0 Å². The summed E-state index contributed by atoms with van der Waals surface area (Å²) in [4.78, 5) is 21.5. The molecule has 190 valence electrons. The van der Waals surface area contributed by atoms with Crippen LogP contribution in [-0.4, -0.2) is 22.2 Å². The van der Waals surface area contributed by atoms with Crippen LogP contribution in [0.2, 0.25) is 10.0 Å². The van der Waals surface area contributed by atoms with E-state index in [-0.39, 0.29) is 52.7 Å². The van der Waals surface area contributed by atoms with Gasteiger partial charge in [-0.05, 0) is 53.6 Å². The molecule has 0 radical (unpaired) electrons. The number of carbonyl (C=O) groups excluding carboxylic acids is 1. The zero-order valence-electron chi connectivity index (χ0n) is 19.8. The fourth-order valence-electron chi connectivity index (χ4n) is 3.30. The molecule has 38 heavy (non-hydrogen) atoms. The Bertz CT molecular complexity index is 1450. The second kappa shape index (κ2) is 14.1. The van der Waals surface area contributed by atoms with Gasteiger partial charge in [-0.25, -0.2) is 13.6 Å². The number of nitrogens with one attached hydrogen (secondary N) is 1. The maximum atomic E-state index is 13.5. The van der Waals surface area contributed by atoms with Gasteiger partial charge in [0.25, 0.3) is 0 Å². The van der Waals surface area contributed by atoms with E-state index in [2.05, 4.69) is 5.32 Å². The topological polar surface area (TPSA) is 110 Å². The van der Waals surface area contributed by atoms with Crippen LogP contribution in [0.4, 0.5) is 20.2 Å². The first-order valence-electron chi connectivity index (χ1n) is 10.6. The summed E-state index contributed by atoms with van der Waals surface area (Å²) in [5.41, 5.74) is 1.79. The Morgan fingerprint density at radius 3 is 2.16 bits per heavy atom. The number of para-hydroxylation sites is 2. The second-order valence-corrected chi connectivity index (χ2v) is 8.40. The van der Waals surface area contributed by atoms with Crippen molar-refractivity contribution in [1.82, 2.24) is 0 Å². The number of aromatic carboxylic acids is 1. The van der Waals surface area contributed by atoms with E-state index in [0.717, 1.165) is 18.2 Å². The molecule has 0 atom stereocenters. The van der Waals surface area contributed by atoms with Crippen molar-refractivity contribution < 1.29 is 63.2 Å². The van der Waals surface area contributed by atoms with Crippen molar-refractivity contribution in [1.29, 1.82) is 0 Å². The largest absolute Gasteiger partial charge is 1.00 e. The normalized spacial score (nSPS) is 10.0. The van der Waals surface area contributed by atoms with Gasteiger partial charge >= 0.3 is 35.5 Å². The summed E-state index contributed by atoms with van der Waals surface area (Å²) in [5, 5.41) is 32.9. The molecule has 4 aromatic rings. The number of rotatable bonds is 6. The van der Waals surface area contributed by atoms with E-state index in [9.17, 15) is 28.6 Å². The van der Waals surface area contributed by atoms with Crippen LogP contribution in [-0.2, 0) is 11.2 Å². The third kappa shape index (κ3) is 8.18. The van der Waals surface area contributed by atoms with Crippen LogP contribution in [0.25, 0.3) is 11.1 Å². The van der Waals surface area contributed by atoms with Gasteiger partial charge in [0.15, 0.2) is 0 Å². The summed E-state index contributed by atoms with van der Waals surface area (Å²) in [6.45, 7) is 0. The Morgan fingerprint density at radius 2 is 1.55 bits per heavy atom. The number of halogens is 4. The number of carboxylic acids is 2. The van der Waals surface area contributed by atoms with Gasteiger partial charge in [0.05, 0.1) is 15.7 Å². The molecule has 0 aliphatic carbocycles. The first-order valence-corrected chi connectivity index (χ1v) is 11.3. The van der Waals surface area contributed by atoms with Crippen molar-refractivity contribution in [3.8, 4) is 16.9 Å². The van der Waals surface area contributed by atoms with Crippen molar-refractivity contribution in [2.24, 2.45) is 0 Å². The van der Waals surface area contributed by atoms with Gasteiger partial charge in [-0.1, -0.05) is 53.5 Å². The number of benzene rings is 4. The Kier molecular flexibility index (Phi) is 11.6. The Morgan fingerprint density at radius 1 is 0.895 bits per heavy atom. The first kappa shape index (κ1) is 31.1. The minimum atomic E-state index is -1.32. The quantitative estimate of drug-likeness (QED) is 0.309. The minimum Gasteiger partial charge on any atom is -0.550 e. The molecule has 0 spiro atoms. The van der Waals surface area contributed by atoms with Crippen molar-refractivity contribution >= 4 is 46.5 Å². The third-order valence-electron chi connectivity index (χ3n) is 5.04. The number of hydrogen-bond donors (Lipinski definition) is 3. The number of carbonyl (C=O) groups is 2. The number of carboxylic acid groups (broad SMARTS) is 2. The molecule has 0 fully saturated rings. The summed E-state index contributed by atoms with van der Waals surface area (Å²) in [6.07, 6.45) is -0.175. The predicted molar refractivity (Wildman–Crippen MR) is 135 cm³/mol. The molecule has 4 rings (SSSR count). The maximum Gasteiger partial charge on any atom is 1.00 e. The molecule has 4 aromatic carbocycles. The Hall–Kier alpha value is -3.14. The summed E-state index contributed by atoms with van der Waals surface area (Å²) < 4.78 is 26.3. The van der Waals surface area contributed by atoms with E-state index < -0.39 is 29.3 Å². The summed E-state index contributed by atoms with van der Waals surface area (Å²) >= 11 is 12.1. The van der Waals surface area contributed by atoms with Gasteiger partial charge in [-0.2, -0.15) is 0 Å². The number of hydrogen-bond acceptors (Lipinski definition) is 5. The predicted octanol–water partition coefficient (Wildman–Crippen LogP) is 3.07. The first-order chi connectivity index (χ1) is 17.6. The van der Waals surface area contributed by atoms with Crippen LogP contribution in [0.3, 0.4) is 0 Å². The van der Waals surface area contributed by atoms with Crippen molar-refractivity contribution in [2.45, 2.75) is 6.42 Å². The minimum absolute atomic E-state index is 0.